The number of anilines is 1. The van der Waals surface area contributed by atoms with Gasteiger partial charge in [-0.2, -0.15) is 0 Å². The first kappa shape index (κ1) is 16.9. The monoisotopic (exact) mass is 341 g/mol. The summed E-state index contributed by atoms with van der Waals surface area (Å²) in [6.45, 7) is 6.78. The first-order valence-electron chi connectivity index (χ1n) is 8.35. The molecule has 126 valence electrons. The van der Waals surface area contributed by atoms with Gasteiger partial charge in [0.1, 0.15) is 5.75 Å². The predicted molar refractivity (Wildman–Crippen MR) is 100 cm³/mol. The summed E-state index contributed by atoms with van der Waals surface area (Å²) in [5, 5.41) is 0.497. The molecule has 0 saturated heterocycles. The second-order valence-corrected chi connectivity index (χ2v) is 7.73. The van der Waals surface area contributed by atoms with Crippen LogP contribution in [0.15, 0.2) is 53.4 Å². The fourth-order valence-corrected chi connectivity index (χ4v) is 3.99. The quantitative estimate of drug-likeness (QED) is 0.812. The predicted octanol–water partition coefficient (Wildman–Crippen LogP) is 4.68. The van der Waals surface area contributed by atoms with Crippen molar-refractivity contribution in [3.63, 3.8) is 0 Å². The van der Waals surface area contributed by atoms with E-state index >= 15 is 0 Å². The van der Waals surface area contributed by atoms with Crippen molar-refractivity contribution in [2.24, 2.45) is 0 Å². The van der Waals surface area contributed by atoms with Gasteiger partial charge in [-0.25, -0.2) is 0 Å². The average Bonchev–Trinajstić information content (AvgIpc) is 2.72. The van der Waals surface area contributed by atoms with Gasteiger partial charge in [-0.15, -0.1) is 11.8 Å². The second-order valence-electron chi connectivity index (χ2n) is 6.25. The van der Waals surface area contributed by atoms with E-state index < -0.39 is 6.10 Å². The molecular formula is C20H23NO2S. The molecule has 4 heteroatoms. The highest BCUT2D eigenvalue weighted by molar-refractivity contribution is 8.00. The Hall–Kier alpha value is -1.94. The van der Waals surface area contributed by atoms with Gasteiger partial charge in [0.05, 0.1) is 5.69 Å². The van der Waals surface area contributed by atoms with Crippen LogP contribution in [-0.4, -0.2) is 23.8 Å². The Bertz CT molecular complexity index is 731. The van der Waals surface area contributed by atoms with Gasteiger partial charge in [0, 0.05) is 16.7 Å². The molecule has 0 N–H and O–H groups in total. The standard InChI is InChI=1S/C20H23NO2S/c1-14-7-6-8-17(13-14)23-16(3)20(22)21-12-11-15(2)24-19-10-5-4-9-18(19)21/h4-10,13,15-16H,11-12H2,1-3H3. The topological polar surface area (TPSA) is 29.5 Å². The third-order valence-corrected chi connectivity index (χ3v) is 5.40. The molecule has 0 radical (unpaired) electrons. The Balaban J connectivity index is 1.81. The third-order valence-electron chi connectivity index (χ3n) is 4.16. The Morgan fingerprint density at radius 2 is 2.04 bits per heavy atom. The van der Waals surface area contributed by atoms with Crippen LogP contribution in [-0.2, 0) is 4.79 Å². The molecule has 2 aromatic carbocycles. The number of rotatable bonds is 3. The molecule has 1 amide bonds. The second kappa shape index (κ2) is 7.31. The Morgan fingerprint density at radius 1 is 1.25 bits per heavy atom. The van der Waals surface area contributed by atoms with Gasteiger partial charge in [-0.3, -0.25) is 4.79 Å². The number of para-hydroxylation sites is 1. The fourth-order valence-electron chi connectivity index (χ4n) is 2.88. The van der Waals surface area contributed by atoms with Crippen molar-refractivity contribution in [1.29, 1.82) is 0 Å². The van der Waals surface area contributed by atoms with Crippen LogP contribution in [0.4, 0.5) is 5.69 Å². The normalized spacial score (nSPS) is 18.5. The average molecular weight is 341 g/mol. The van der Waals surface area contributed by atoms with E-state index in [9.17, 15) is 4.79 Å². The molecule has 1 aliphatic heterocycles. The molecule has 3 nitrogen and oxygen atoms in total. The summed E-state index contributed by atoms with van der Waals surface area (Å²) >= 11 is 1.84. The molecule has 0 bridgehead atoms. The van der Waals surface area contributed by atoms with Gasteiger partial charge in [0.2, 0.25) is 0 Å². The van der Waals surface area contributed by atoms with Gasteiger partial charge < -0.3 is 9.64 Å². The molecular weight excluding hydrogens is 318 g/mol. The molecule has 0 fully saturated rings. The summed E-state index contributed by atoms with van der Waals surface area (Å²) in [7, 11) is 0. The van der Waals surface area contributed by atoms with Gasteiger partial charge >= 0.3 is 0 Å². The zero-order chi connectivity index (χ0) is 17.1. The Kier molecular flexibility index (Phi) is 5.14. The van der Waals surface area contributed by atoms with Crippen LogP contribution in [0.25, 0.3) is 0 Å². The number of amides is 1. The summed E-state index contributed by atoms with van der Waals surface area (Å²) in [6.07, 6.45) is 0.459. The molecule has 0 aromatic heterocycles. The summed E-state index contributed by atoms with van der Waals surface area (Å²) in [5.41, 5.74) is 2.12. The van der Waals surface area contributed by atoms with E-state index in [0.717, 1.165) is 30.0 Å². The van der Waals surface area contributed by atoms with Gasteiger partial charge in [0.15, 0.2) is 6.10 Å². The molecule has 1 aliphatic rings. The number of ether oxygens (including phenoxy) is 1. The molecule has 0 saturated carbocycles. The number of nitrogens with zero attached hydrogens (tertiary/aromatic N) is 1. The lowest BCUT2D eigenvalue weighted by Crippen LogP contribution is -2.41. The van der Waals surface area contributed by atoms with Crippen molar-refractivity contribution in [1.82, 2.24) is 0 Å². The maximum absolute atomic E-state index is 13.0. The Morgan fingerprint density at radius 3 is 2.83 bits per heavy atom. The highest BCUT2D eigenvalue weighted by atomic mass is 32.2. The van der Waals surface area contributed by atoms with E-state index in [1.807, 2.05) is 73.0 Å². The number of benzene rings is 2. The van der Waals surface area contributed by atoms with E-state index in [-0.39, 0.29) is 5.91 Å². The van der Waals surface area contributed by atoms with E-state index in [0.29, 0.717) is 5.25 Å². The highest BCUT2D eigenvalue weighted by Crippen LogP contribution is 2.37. The van der Waals surface area contributed by atoms with Crippen molar-refractivity contribution in [2.75, 3.05) is 11.4 Å². The molecule has 2 aromatic rings. The van der Waals surface area contributed by atoms with Gasteiger partial charge in [0.25, 0.3) is 5.91 Å². The minimum absolute atomic E-state index is 0.0126. The SMILES string of the molecule is Cc1cccc(OC(C)C(=O)N2CCC(C)Sc3ccccc32)c1. The minimum atomic E-state index is -0.515. The van der Waals surface area contributed by atoms with Crippen molar-refractivity contribution < 1.29 is 9.53 Å². The largest absolute Gasteiger partial charge is 0.481 e. The number of carbonyl (C=O) groups excluding carboxylic acids is 1. The molecule has 3 rings (SSSR count). The smallest absolute Gasteiger partial charge is 0.267 e. The number of aryl methyl sites for hydroxylation is 1. The number of fused-ring (bicyclic) bond motifs is 1. The van der Waals surface area contributed by atoms with Crippen LogP contribution < -0.4 is 9.64 Å². The van der Waals surface area contributed by atoms with Crippen LogP contribution in [0.2, 0.25) is 0 Å². The van der Waals surface area contributed by atoms with Crippen LogP contribution >= 0.6 is 11.8 Å². The molecule has 2 atom stereocenters. The Labute approximate surface area is 148 Å². The van der Waals surface area contributed by atoms with E-state index in [4.69, 9.17) is 4.74 Å². The van der Waals surface area contributed by atoms with E-state index in [1.165, 1.54) is 4.90 Å². The number of thioether (sulfide) groups is 1. The maximum atomic E-state index is 13.0. The van der Waals surface area contributed by atoms with Crippen molar-refractivity contribution in [3.8, 4) is 5.75 Å². The van der Waals surface area contributed by atoms with Crippen molar-refractivity contribution in [3.05, 3.63) is 54.1 Å². The summed E-state index contributed by atoms with van der Waals surface area (Å²) < 4.78 is 5.89. The summed E-state index contributed by atoms with van der Waals surface area (Å²) in [5.74, 6) is 0.750. The first-order valence-corrected chi connectivity index (χ1v) is 9.23. The third kappa shape index (κ3) is 3.75. The fraction of sp³-hybridized carbons (Fsp3) is 0.350. The summed E-state index contributed by atoms with van der Waals surface area (Å²) in [4.78, 5) is 16.0. The molecule has 0 aliphatic carbocycles. The lowest BCUT2D eigenvalue weighted by Gasteiger charge is -2.26. The molecule has 2 unspecified atom stereocenters. The van der Waals surface area contributed by atoms with Crippen LogP contribution in [0.1, 0.15) is 25.8 Å². The molecule has 0 spiro atoms. The number of hydrogen-bond donors (Lipinski definition) is 0. The van der Waals surface area contributed by atoms with Gasteiger partial charge in [-0.05, 0) is 50.1 Å². The van der Waals surface area contributed by atoms with Crippen molar-refractivity contribution >= 4 is 23.4 Å². The van der Waals surface area contributed by atoms with E-state index in [2.05, 4.69) is 13.0 Å². The van der Waals surface area contributed by atoms with Crippen molar-refractivity contribution in [2.45, 2.75) is 43.4 Å². The molecule has 1 heterocycles. The molecule has 24 heavy (non-hydrogen) atoms. The van der Waals surface area contributed by atoms with E-state index in [1.54, 1.807) is 0 Å². The van der Waals surface area contributed by atoms with Crippen LogP contribution in [0, 0.1) is 6.92 Å². The zero-order valence-electron chi connectivity index (χ0n) is 14.4. The highest BCUT2D eigenvalue weighted by Gasteiger charge is 2.28. The lowest BCUT2D eigenvalue weighted by molar-refractivity contribution is -0.124. The number of hydrogen-bond acceptors (Lipinski definition) is 3. The lowest BCUT2D eigenvalue weighted by atomic mass is 10.2. The summed E-state index contributed by atoms with van der Waals surface area (Å²) in [6, 6.07) is 15.9. The minimum Gasteiger partial charge on any atom is -0.481 e. The van der Waals surface area contributed by atoms with Gasteiger partial charge in [-0.1, -0.05) is 31.2 Å². The number of carbonyl (C=O) groups is 1. The maximum Gasteiger partial charge on any atom is 0.267 e. The van der Waals surface area contributed by atoms with Crippen LogP contribution in [0.5, 0.6) is 5.75 Å². The van der Waals surface area contributed by atoms with Crippen LogP contribution in [0.3, 0.4) is 0 Å². The first-order chi connectivity index (χ1) is 11.5. The zero-order valence-corrected chi connectivity index (χ0v) is 15.2.